The Kier molecular flexibility index (Phi) is 7.19. The number of nitrogens with zero attached hydrogens (tertiary/aromatic N) is 2. The fraction of sp³-hybridized carbons (Fsp3) is 0.280. The molecule has 1 N–H and O–H groups in total. The number of morpholine rings is 1. The van der Waals surface area contributed by atoms with Crippen molar-refractivity contribution in [2.45, 2.75) is 19.5 Å². The van der Waals surface area contributed by atoms with E-state index in [1.165, 1.54) is 18.2 Å². The summed E-state index contributed by atoms with van der Waals surface area (Å²) in [5.74, 6) is -0.863. The number of halogens is 2. The number of ether oxygens (including phenoxy) is 1. The van der Waals surface area contributed by atoms with Crippen LogP contribution in [0, 0.1) is 11.6 Å². The van der Waals surface area contributed by atoms with Gasteiger partial charge in [0.05, 0.1) is 19.6 Å². The van der Waals surface area contributed by atoms with E-state index in [9.17, 15) is 13.6 Å². The second kappa shape index (κ2) is 10.4. The first-order chi connectivity index (χ1) is 15.6. The van der Waals surface area contributed by atoms with E-state index in [1.807, 2.05) is 0 Å². The number of benzene rings is 2. The molecule has 166 valence electrons. The summed E-state index contributed by atoms with van der Waals surface area (Å²) in [6.07, 6.45) is 1.89. The highest BCUT2D eigenvalue weighted by molar-refractivity contribution is 5.78. The van der Waals surface area contributed by atoms with Crippen molar-refractivity contribution in [3.63, 3.8) is 0 Å². The summed E-state index contributed by atoms with van der Waals surface area (Å²) in [4.78, 5) is 18.7. The van der Waals surface area contributed by atoms with Crippen molar-refractivity contribution in [1.82, 2.24) is 15.2 Å². The van der Waals surface area contributed by atoms with Gasteiger partial charge in [-0.1, -0.05) is 36.4 Å². The van der Waals surface area contributed by atoms with E-state index in [2.05, 4.69) is 15.2 Å². The lowest BCUT2D eigenvalue weighted by Crippen LogP contribution is -2.35. The number of carbonyl (C=O) groups is 1. The molecule has 0 saturated carbocycles. The Morgan fingerprint density at radius 2 is 1.78 bits per heavy atom. The molecule has 32 heavy (non-hydrogen) atoms. The van der Waals surface area contributed by atoms with Crippen LogP contribution < -0.4 is 5.32 Å². The van der Waals surface area contributed by atoms with Crippen LogP contribution in [0.4, 0.5) is 8.78 Å². The highest BCUT2D eigenvalue weighted by Gasteiger charge is 2.14. The molecule has 2 aromatic carbocycles. The molecule has 1 aliphatic rings. The summed E-state index contributed by atoms with van der Waals surface area (Å²) in [5, 5.41) is 2.78. The van der Waals surface area contributed by atoms with Gasteiger partial charge in [0, 0.05) is 37.9 Å². The number of hydrogen-bond acceptors (Lipinski definition) is 4. The SMILES string of the molecule is O=C(Cc1ccc(-c2ncc(CN3CCOCC3)cc2F)cc1)NCc1cccc(F)c1. The molecular weight excluding hydrogens is 412 g/mol. The predicted octanol–water partition coefficient (Wildman–Crippen LogP) is 3.72. The van der Waals surface area contributed by atoms with Crippen LogP contribution in [0.1, 0.15) is 16.7 Å². The number of carbonyl (C=O) groups excluding carboxylic acids is 1. The molecule has 0 spiro atoms. The zero-order valence-corrected chi connectivity index (χ0v) is 17.7. The molecule has 1 saturated heterocycles. The largest absolute Gasteiger partial charge is 0.379 e. The molecule has 0 aliphatic carbocycles. The number of nitrogens with one attached hydrogen (secondary N) is 1. The van der Waals surface area contributed by atoms with Gasteiger partial charge in [0.25, 0.3) is 0 Å². The highest BCUT2D eigenvalue weighted by atomic mass is 19.1. The van der Waals surface area contributed by atoms with Gasteiger partial charge < -0.3 is 10.1 Å². The van der Waals surface area contributed by atoms with E-state index in [-0.39, 0.29) is 36.2 Å². The second-order valence-electron chi connectivity index (χ2n) is 7.84. The summed E-state index contributed by atoms with van der Waals surface area (Å²) in [6, 6.07) is 14.8. The zero-order chi connectivity index (χ0) is 22.3. The molecule has 1 fully saturated rings. The third-order valence-corrected chi connectivity index (χ3v) is 5.38. The molecule has 5 nitrogen and oxygen atoms in total. The molecule has 0 unspecified atom stereocenters. The topological polar surface area (TPSA) is 54.5 Å². The Balaban J connectivity index is 1.34. The Labute approximate surface area is 186 Å². The van der Waals surface area contributed by atoms with Gasteiger partial charge >= 0.3 is 0 Å². The molecule has 0 bridgehead atoms. The van der Waals surface area contributed by atoms with E-state index in [1.54, 1.807) is 42.6 Å². The van der Waals surface area contributed by atoms with Crippen LogP contribution in [-0.2, 0) is 29.0 Å². The maximum Gasteiger partial charge on any atom is 0.224 e. The molecule has 0 radical (unpaired) electrons. The van der Waals surface area contributed by atoms with Gasteiger partial charge in [-0.2, -0.15) is 0 Å². The fourth-order valence-corrected chi connectivity index (χ4v) is 3.67. The average molecular weight is 437 g/mol. The van der Waals surface area contributed by atoms with Gasteiger partial charge in [0.1, 0.15) is 17.3 Å². The van der Waals surface area contributed by atoms with Crippen molar-refractivity contribution in [3.8, 4) is 11.3 Å². The predicted molar refractivity (Wildman–Crippen MR) is 118 cm³/mol. The summed E-state index contributed by atoms with van der Waals surface area (Å²) in [6.45, 7) is 3.98. The molecule has 4 rings (SSSR count). The number of hydrogen-bond donors (Lipinski definition) is 1. The van der Waals surface area contributed by atoms with Crippen molar-refractivity contribution in [2.75, 3.05) is 26.3 Å². The van der Waals surface area contributed by atoms with Gasteiger partial charge in [-0.3, -0.25) is 14.7 Å². The maximum atomic E-state index is 14.7. The standard InChI is InChI=1S/C25H25F2N3O2/c26-22-3-1-2-19(12-22)15-28-24(31)14-18-4-6-21(7-5-18)25-23(27)13-20(16-29-25)17-30-8-10-32-11-9-30/h1-7,12-13,16H,8-11,14-15,17H2,(H,28,31). The zero-order valence-electron chi connectivity index (χ0n) is 17.7. The van der Waals surface area contributed by atoms with E-state index in [0.29, 0.717) is 30.9 Å². The first-order valence-corrected chi connectivity index (χ1v) is 10.6. The van der Waals surface area contributed by atoms with Gasteiger partial charge in [-0.25, -0.2) is 8.78 Å². The molecule has 1 aliphatic heterocycles. The van der Waals surface area contributed by atoms with Crippen LogP contribution >= 0.6 is 0 Å². The third-order valence-electron chi connectivity index (χ3n) is 5.38. The van der Waals surface area contributed by atoms with Crippen LogP contribution in [-0.4, -0.2) is 42.1 Å². The van der Waals surface area contributed by atoms with Crippen molar-refractivity contribution >= 4 is 5.91 Å². The molecule has 7 heteroatoms. The molecule has 1 aromatic heterocycles. The molecule has 0 atom stereocenters. The monoisotopic (exact) mass is 437 g/mol. The highest BCUT2D eigenvalue weighted by Crippen LogP contribution is 2.22. The van der Waals surface area contributed by atoms with Crippen molar-refractivity contribution in [3.05, 3.63) is 89.1 Å². The third kappa shape index (κ3) is 5.96. The van der Waals surface area contributed by atoms with Gasteiger partial charge in [-0.15, -0.1) is 0 Å². The Bertz CT molecular complexity index is 1070. The van der Waals surface area contributed by atoms with Crippen molar-refractivity contribution in [2.24, 2.45) is 0 Å². The minimum atomic E-state index is -0.364. The van der Waals surface area contributed by atoms with E-state index < -0.39 is 0 Å². The summed E-state index contributed by atoms with van der Waals surface area (Å²) < 4.78 is 33.3. The van der Waals surface area contributed by atoms with Gasteiger partial charge in [-0.05, 0) is 34.9 Å². The second-order valence-corrected chi connectivity index (χ2v) is 7.84. The first kappa shape index (κ1) is 22.0. The first-order valence-electron chi connectivity index (χ1n) is 10.6. The van der Waals surface area contributed by atoms with Crippen molar-refractivity contribution in [1.29, 1.82) is 0 Å². The molecular formula is C25H25F2N3O2. The Morgan fingerprint density at radius 3 is 2.50 bits per heavy atom. The number of amides is 1. The lowest BCUT2D eigenvalue weighted by atomic mass is 10.1. The van der Waals surface area contributed by atoms with E-state index in [4.69, 9.17) is 4.74 Å². The van der Waals surface area contributed by atoms with E-state index >= 15 is 0 Å². The Morgan fingerprint density at radius 1 is 1.00 bits per heavy atom. The quantitative estimate of drug-likeness (QED) is 0.612. The van der Waals surface area contributed by atoms with Crippen LogP contribution in [0.25, 0.3) is 11.3 Å². The summed E-state index contributed by atoms with van der Waals surface area (Å²) in [5.41, 5.74) is 3.28. The van der Waals surface area contributed by atoms with Crippen LogP contribution in [0.2, 0.25) is 0 Å². The van der Waals surface area contributed by atoms with Crippen LogP contribution in [0.3, 0.4) is 0 Å². The summed E-state index contributed by atoms with van der Waals surface area (Å²) in [7, 11) is 0. The Hall–Kier alpha value is -3.16. The van der Waals surface area contributed by atoms with Crippen LogP contribution in [0.5, 0.6) is 0 Å². The number of aromatic nitrogens is 1. The van der Waals surface area contributed by atoms with Crippen LogP contribution in [0.15, 0.2) is 60.8 Å². The van der Waals surface area contributed by atoms with Crippen molar-refractivity contribution < 1.29 is 18.3 Å². The fourth-order valence-electron chi connectivity index (χ4n) is 3.67. The molecule has 2 heterocycles. The molecule has 3 aromatic rings. The lowest BCUT2D eigenvalue weighted by molar-refractivity contribution is -0.120. The smallest absolute Gasteiger partial charge is 0.224 e. The summed E-state index contributed by atoms with van der Waals surface area (Å²) >= 11 is 0. The minimum absolute atomic E-state index is 0.168. The molecule has 1 amide bonds. The maximum absolute atomic E-state index is 14.7. The number of pyridine rings is 1. The van der Waals surface area contributed by atoms with Gasteiger partial charge in [0.2, 0.25) is 5.91 Å². The normalized spacial score (nSPS) is 14.3. The van der Waals surface area contributed by atoms with Gasteiger partial charge in [0.15, 0.2) is 0 Å². The lowest BCUT2D eigenvalue weighted by Gasteiger charge is -2.26. The average Bonchev–Trinajstić information content (AvgIpc) is 2.79. The van der Waals surface area contributed by atoms with E-state index in [0.717, 1.165) is 24.2 Å². The minimum Gasteiger partial charge on any atom is -0.379 e. The number of rotatable bonds is 7.